The molecular weight excluding hydrogens is 346 g/mol. The lowest BCUT2D eigenvalue weighted by molar-refractivity contribution is -0.756. The summed E-state index contributed by atoms with van der Waals surface area (Å²) in [6.45, 7) is 1.54. The summed E-state index contributed by atoms with van der Waals surface area (Å²) in [5.41, 5.74) is 0.359. The summed E-state index contributed by atoms with van der Waals surface area (Å²) in [5, 5.41) is 9.07. The van der Waals surface area contributed by atoms with Crippen molar-refractivity contribution in [2.45, 2.75) is 6.92 Å². The molecule has 0 N–H and O–H groups in total. The van der Waals surface area contributed by atoms with Gasteiger partial charge in [0.1, 0.15) is 19.0 Å². The van der Waals surface area contributed by atoms with E-state index in [1.54, 1.807) is 0 Å². The highest BCUT2D eigenvalue weighted by Crippen LogP contribution is 2.20. The molecule has 1 rings (SSSR count). The van der Waals surface area contributed by atoms with Crippen LogP contribution in [0.5, 0.6) is 5.75 Å². The molecule has 0 radical (unpaired) electrons. The van der Waals surface area contributed by atoms with Gasteiger partial charge in [-0.2, -0.15) is 0 Å². The smallest absolute Gasteiger partial charge is 0.338 e. The monoisotopic (exact) mass is 361 g/mol. The number of carbonyl (C=O) groups excluding carboxylic acids is 2. The van der Waals surface area contributed by atoms with Crippen molar-refractivity contribution in [1.29, 1.82) is 0 Å². The Morgan fingerprint density at radius 1 is 1.13 bits per heavy atom. The van der Waals surface area contributed by atoms with Crippen LogP contribution in [0, 0.1) is 10.1 Å². The molecule has 1 aromatic carbocycles. The Balaban J connectivity index is 2.16. The van der Waals surface area contributed by atoms with Crippen LogP contribution in [0.25, 0.3) is 0 Å². The predicted molar refractivity (Wildman–Crippen MR) is 85.9 cm³/mol. The molecule has 0 aliphatic carbocycles. The minimum Gasteiger partial charge on any atom is -0.461 e. The first-order valence-corrected chi connectivity index (χ1v) is 8.95. The van der Waals surface area contributed by atoms with Gasteiger partial charge in [-0.25, -0.2) is 4.79 Å². The van der Waals surface area contributed by atoms with Crippen LogP contribution in [0.15, 0.2) is 24.3 Å². The molecule has 0 saturated carbocycles. The van der Waals surface area contributed by atoms with Crippen molar-refractivity contribution in [2.24, 2.45) is 0 Å². The van der Waals surface area contributed by atoms with E-state index < -0.39 is 17.0 Å². The Morgan fingerprint density at radius 3 is 2.30 bits per heavy atom. The molecule has 0 aromatic heterocycles. The van der Waals surface area contributed by atoms with Gasteiger partial charge in [0.2, 0.25) is 0 Å². The van der Waals surface area contributed by atoms with E-state index in [4.69, 9.17) is 9.47 Å². The summed E-state index contributed by atoms with van der Waals surface area (Å²) < 4.78 is 9.93. The van der Waals surface area contributed by atoms with Crippen LogP contribution in [0.3, 0.4) is 0 Å². The third-order valence-electron chi connectivity index (χ3n) is 2.20. The van der Waals surface area contributed by atoms with E-state index in [1.807, 2.05) is 0 Å². The number of hydrogen-bond acceptors (Lipinski definition) is 9. The van der Waals surface area contributed by atoms with Crippen molar-refractivity contribution < 1.29 is 29.0 Å². The number of esters is 2. The number of benzene rings is 1. The number of rotatable bonds is 10. The number of ether oxygens (including phenoxy) is 2. The second kappa shape index (κ2) is 10.7. The second-order valence-corrected chi connectivity index (χ2v) is 6.66. The zero-order valence-corrected chi connectivity index (χ0v) is 13.9. The predicted octanol–water partition coefficient (Wildman–Crippen LogP) is 2.36. The van der Waals surface area contributed by atoms with Crippen molar-refractivity contribution in [3.8, 4) is 5.75 Å². The van der Waals surface area contributed by atoms with E-state index >= 15 is 0 Å². The molecule has 0 heterocycles. The molecule has 0 amide bonds. The molecule has 8 nitrogen and oxygen atoms in total. The molecule has 0 spiro atoms. The minimum absolute atomic E-state index is 0.0269. The molecular formula is C13H15NO7S2. The molecule has 0 saturated heterocycles. The van der Waals surface area contributed by atoms with Crippen LogP contribution >= 0.6 is 21.6 Å². The molecule has 23 heavy (non-hydrogen) atoms. The highest BCUT2D eigenvalue weighted by atomic mass is 33.1. The van der Waals surface area contributed by atoms with Gasteiger partial charge in [-0.05, 0) is 24.3 Å². The Hall–Kier alpha value is -1.94. The minimum atomic E-state index is -0.834. The van der Waals surface area contributed by atoms with Crippen LogP contribution in [0.1, 0.15) is 17.3 Å². The van der Waals surface area contributed by atoms with Gasteiger partial charge < -0.3 is 14.3 Å². The lowest BCUT2D eigenvalue weighted by atomic mass is 10.2. The normalized spacial score (nSPS) is 9.96. The number of hydrogen-bond donors (Lipinski definition) is 0. The van der Waals surface area contributed by atoms with E-state index in [2.05, 4.69) is 4.84 Å². The molecule has 10 heteroatoms. The third-order valence-corrected chi connectivity index (χ3v) is 4.53. The first-order valence-electron chi connectivity index (χ1n) is 6.46. The van der Waals surface area contributed by atoms with E-state index in [0.717, 1.165) is 0 Å². The van der Waals surface area contributed by atoms with Crippen molar-refractivity contribution >= 4 is 33.5 Å². The van der Waals surface area contributed by atoms with Gasteiger partial charge in [0.05, 0.1) is 5.56 Å². The number of nitrogens with zero attached hydrogens (tertiary/aromatic N) is 1. The summed E-state index contributed by atoms with van der Waals surface area (Å²) >= 11 is 0. The van der Waals surface area contributed by atoms with Gasteiger partial charge in [0, 0.05) is 18.4 Å². The molecule has 126 valence electrons. The largest absolute Gasteiger partial charge is 0.461 e. The standard InChI is InChI=1S/C13H15NO7S2/c1-10(15)21-12-4-2-11(3-5-12)13(16)19-6-8-22-23-9-7-20-14(17)18/h2-5H,6-9H2,1H3. The first-order chi connectivity index (χ1) is 11.0. The van der Waals surface area contributed by atoms with Crippen LogP contribution in [0.2, 0.25) is 0 Å². The van der Waals surface area contributed by atoms with E-state index in [0.29, 0.717) is 22.8 Å². The molecule has 0 atom stereocenters. The summed E-state index contributed by atoms with van der Waals surface area (Å²) in [4.78, 5) is 36.6. The maximum atomic E-state index is 11.7. The molecule has 1 aromatic rings. The van der Waals surface area contributed by atoms with Crippen molar-refractivity contribution in [2.75, 3.05) is 24.7 Å². The van der Waals surface area contributed by atoms with Crippen molar-refractivity contribution in [1.82, 2.24) is 0 Å². The van der Waals surface area contributed by atoms with Crippen LogP contribution < -0.4 is 4.74 Å². The Labute approximate surface area is 140 Å². The Morgan fingerprint density at radius 2 is 1.74 bits per heavy atom. The van der Waals surface area contributed by atoms with Gasteiger partial charge >= 0.3 is 11.9 Å². The van der Waals surface area contributed by atoms with Crippen LogP contribution in [-0.4, -0.2) is 41.7 Å². The Kier molecular flexibility index (Phi) is 8.91. The molecule has 0 unspecified atom stereocenters. The first kappa shape index (κ1) is 19.1. The van der Waals surface area contributed by atoms with E-state index in [1.165, 1.54) is 52.8 Å². The fraction of sp³-hybridized carbons (Fsp3) is 0.385. The maximum Gasteiger partial charge on any atom is 0.338 e. The second-order valence-electron chi connectivity index (χ2n) is 3.95. The average molecular weight is 361 g/mol. The number of carbonyl (C=O) groups is 2. The van der Waals surface area contributed by atoms with Crippen molar-refractivity contribution in [3.05, 3.63) is 39.9 Å². The lowest BCUT2D eigenvalue weighted by Gasteiger charge is -2.05. The van der Waals surface area contributed by atoms with Crippen LogP contribution in [0.4, 0.5) is 0 Å². The molecule has 0 fully saturated rings. The highest BCUT2D eigenvalue weighted by molar-refractivity contribution is 8.76. The van der Waals surface area contributed by atoms with Gasteiger partial charge in [-0.1, -0.05) is 21.6 Å². The molecule has 0 aliphatic rings. The molecule has 0 aliphatic heterocycles. The fourth-order valence-corrected chi connectivity index (χ4v) is 2.99. The van der Waals surface area contributed by atoms with E-state index in [-0.39, 0.29) is 13.2 Å². The average Bonchev–Trinajstić information content (AvgIpc) is 2.49. The van der Waals surface area contributed by atoms with Crippen molar-refractivity contribution in [3.63, 3.8) is 0 Å². The zero-order valence-electron chi connectivity index (χ0n) is 12.3. The quantitative estimate of drug-likeness (QED) is 0.155. The third kappa shape index (κ3) is 8.94. The SMILES string of the molecule is CC(=O)Oc1ccc(C(=O)OCCSSCCO[N+](=O)[O-])cc1. The van der Waals surface area contributed by atoms with Gasteiger partial charge in [-0.15, -0.1) is 10.1 Å². The van der Waals surface area contributed by atoms with E-state index in [9.17, 15) is 19.7 Å². The maximum absolute atomic E-state index is 11.7. The summed E-state index contributed by atoms with van der Waals surface area (Å²) in [5.74, 6) is 0.482. The fourth-order valence-electron chi connectivity index (χ4n) is 1.34. The van der Waals surface area contributed by atoms with Gasteiger partial charge in [0.15, 0.2) is 0 Å². The summed E-state index contributed by atoms with van der Waals surface area (Å²) in [6, 6.07) is 6.05. The zero-order chi connectivity index (χ0) is 17.1. The van der Waals surface area contributed by atoms with Gasteiger partial charge in [0.25, 0.3) is 5.09 Å². The Bertz CT molecular complexity index is 536. The highest BCUT2D eigenvalue weighted by Gasteiger charge is 2.07. The van der Waals surface area contributed by atoms with Gasteiger partial charge in [-0.3, -0.25) is 4.79 Å². The summed E-state index contributed by atoms with van der Waals surface area (Å²) in [6.07, 6.45) is 0. The van der Waals surface area contributed by atoms with Crippen LogP contribution in [-0.2, 0) is 14.4 Å². The summed E-state index contributed by atoms with van der Waals surface area (Å²) in [7, 11) is 2.83. The topological polar surface area (TPSA) is 105 Å². The lowest BCUT2D eigenvalue weighted by Crippen LogP contribution is -2.08. The molecule has 0 bridgehead atoms.